The molecule has 13 heteroatoms. The van der Waals surface area contributed by atoms with Crippen molar-refractivity contribution in [2.75, 3.05) is 13.2 Å². The third kappa shape index (κ3) is 8.68. The van der Waals surface area contributed by atoms with E-state index < -0.39 is 17.9 Å². The maximum absolute atomic E-state index is 12.7. The quantitative estimate of drug-likeness (QED) is 0.0696. The van der Waals surface area contributed by atoms with Gasteiger partial charge in [-0.3, -0.25) is 4.79 Å². The molecule has 0 saturated carbocycles. The van der Waals surface area contributed by atoms with Gasteiger partial charge in [0.2, 0.25) is 0 Å². The van der Waals surface area contributed by atoms with E-state index in [2.05, 4.69) is 59.7 Å². The largest absolute Gasteiger partial charge is 0.487 e. The van der Waals surface area contributed by atoms with Gasteiger partial charge in [0.1, 0.15) is 18.1 Å². The van der Waals surface area contributed by atoms with Crippen LogP contribution in [0.3, 0.4) is 0 Å². The maximum Gasteiger partial charge on any atom is 0.338 e. The van der Waals surface area contributed by atoms with Crippen molar-refractivity contribution in [1.29, 1.82) is 0 Å². The molecule has 3 aromatic rings. The molecule has 0 saturated heterocycles. The number of nitrogens with one attached hydrogen (secondary N) is 3. The molecule has 1 aliphatic rings. The molecular formula is C30H27BrClIN4O5S. The summed E-state index contributed by atoms with van der Waals surface area (Å²) in [7, 11) is 0. The fourth-order valence-electron chi connectivity index (χ4n) is 4.17. The second kappa shape index (κ2) is 15.5. The maximum atomic E-state index is 12.7. The zero-order valence-electron chi connectivity index (χ0n) is 23.1. The Kier molecular flexibility index (Phi) is 11.8. The van der Waals surface area contributed by atoms with E-state index in [4.69, 9.17) is 38.0 Å². The van der Waals surface area contributed by atoms with E-state index in [1.807, 2.05) is 42.5 Å². The van der Waals surface area contributed by atoms with E-state index in [1.54, 1.807) is 32.0 Å². The van der Waals surface area contributed by atoms with Crippen LogP contribution in [0.5, 0.6) is 11.5 Å². The zero-order valence-corrected chi connectivity index (χ0v) is 28.4. The number of esters is 1. The third-order valence-electron chi connectivity index (χ3n) is 6.11. The number of hydrogen-bond donors (Lipinski definition) is 3. The predicted molar refractivity (Wildman–Crippen MR) is 181 cm³/mol. The summed E-state index contributed by atoms with van der Waals surface area (Å²) in [6, 6.07) is 17.7. The lowest BCUT2D eigenvalue weighted by Gasteiger charge is -2.30. The van der Waals surface area contributed by atoms with Gasteiger partial charge in [-0.05, 0) is 94.4 Å². The standard InChI is InChI=1S/C30H27BrClIN4O5S/c1-3-40-29(39)26-17(2)35-30(43)36-27(26)20-9-5-7-11-24(20)41-16-25(38)37-34-14-18-12-21(31)28(23(33)13-18)42-15-19-8-4-6-10-22(19)32/h4-14,27H,3,15-16H2,1-2H3,(H,37,38)(H2,35,36,43)/t27-/m0/s1. The number of rotatable bonds is 11. The number of amides is 1. The summed E-state index contributed by atoms with van der Waals surface area (Å²) in [4.78, 5) is 25.3. The van der Waals surface area contributed by atoms with Crippen molar-refractivity contribution in [1.82, 2.24) is 16.1 Å². The van der Waals surface area contributed by atoms with Gasteiger partial charge in [0.25, 0.3) is 5.91 Å². The molecule has 0 bridgehead atoms. The molecule has 1 atom stereocenters. The van der Waals surface area contributed by atoms with Crippen LogP contribution < -0.4 is 25.5 Å². The number of thiocarbonyl (C=S) groups is 1. The zero-order chi connectivity index (χ0) is 30.9. The van der Waals surface area contributed by atoms with E-state index in [0.29, 0.717) is 45.1 Å². The highest BCUT2D eigenvalue weighted by atomic mass is 127. The van der Waals surface area contributed by atoms with Crippen molar-refractivity contribution in [3.8, 4) is 11.5 Å². The SMILES string of the molecule is CCOC(=O)C1=C(C)NC(=S)N[C@H]1c1ccccc1OCC(=O)NN=Cc1cc(Br)c(OCc2ccccc2Cl)c(I)c1. The van der Waals surface area contributed by atoms with Gasteiger partial charge in [0.15, 0.2) is 11.7 Å². The van der Waals surface area contributed by atoms with Crippen molar-refractivity contribution in [2.24, 2.45) is 5.10 Å². The van der Waals surface area contributed by atoms with Gasteiger partial charge in [0.05, 0.1) is 32.5 Å². The highest BCUT2D eigenvalue weighted by molar-refractivity contribution is 14.1. The van der Waals surface area contributed by atoms with Crippen LogP contribution in [0.4, 0.5) is 0 Å². The summed E-state index contributed by atoms with van der Waals surface area (Å²) in [5.41, 5.74) is 5.68. The number of para-hydroxylation sites is 1. The molecule has 4 rings (SSSR count). The van der Waals surface area contributed by atoms with Crippen molar-refractivity contribution >= 4 is 85.5 Å². The number of carbonyl (C=O) groups is 2. The molecule has 224 valence electrons. The Labute approximate surface area is 281 Å². The topological polar surface area (TPSA) is 110 Å². The lowest BCUT2D eigenvalue weighted by molar-refractivity contribution is -0.139. The van der Waals surface area contributed by atoms with Gasteiger partial charge in [0, 0.05) is 21.8 Å². The molecule has 3 aromatic carbocycles. The fraction of sp³-hybridized carbons (Fsp3) is 0.200. The minimum absolute atomic E-state index is 0.225. The smallest absolute Gasteiger partial charge is 0.338 e. The molecule has 9 nitrogen and oxygen atoms in total. The number of allylic oxidation sites excluding steroid dienone is 1. The Hall–Kier alpha value is -3.20. The van der Waals surface area contributed by atoms with Gasteiger partial charge in [-0.2, -0.15) is 5.10 Å². The van der Waals surface area contributed by atoms with Crippen LogP contribution in [0, 0.1) is 3.57 Å². The highest BCUT2D eigenvalue weighted by Gasteiger charge is 2.32. The minimum atomic E-state index is -0.623. The third-order valence-corrected chi connectivity index (χ3v) is 8.09. The number of ether oxygens (including phenoxy) is 3. The summed E-state index contributed by atoms with van der Waals surface area (Å²) in [6.07, 6.45) is 1.52. The van der Waals surface area contributed by atoms with Crippen LogP contribution in [-0.2, 0) is 20.9 Å². The van der Waals surface area contributed by atoms with Gasteiger partial charge in [-0.15, -0.1) is 0 Å². The van der Waals surface area contributed by atoms with Crippen LogP contribution in [0.15, 0.2) is 81.5 Å². The number of benzene rings is 3. The van der Waals surface area contributed by atoms with Crippen LogP contribution in [0.1, 0.15) is 36.6 Å². The first-order valence-corrected chi connectivity index (χ1v) is 15.7. The summed E-state index contributed by atoms with van der Waals surface area (Å²) < 4.78 is 18.7. The van der Waals surface area contributed by atoms with E-state index in [0.717, 1.165) is 19.2 Å². The van der Waals surface area contributed by atoms with E-state index in [1.165, 1.54) is 6.21 Å². The number of nitrogens with zero attached hydrogens (tertiary/aromatic N) is 1. The van der Waals surface area contributed by atoms with Gasteiger partial charge < -0.3 is 24.8 Å². The first-order valence-electron chi connectivity index (χ1n) is 13.0. The summed E-state index contributed by atoms with van der Waals surface area (Å²) >= 11 is 17.3. The molecule has 1 amide bonds. The molecule has 1 aliphatic heterocycles. The number of hydrogen-bond acceptors (Lipinski definition) is 7. The van der Waals surface area contributed by atoms with Crippen molar-refractivity contribution in [2.45, 2.75) is 26.5 Å². The van der Waals surface area contributed by atoms with Gasteiger partial charge in [-0.1, -0.05) is 48.0 Å². The van der Waals surface area contributed by atoms with E-state index >= 15 is 0 Å². The van der Waals surface area contributed by atoms with Crippen LogP contribution in [0.25, 0.3) is 0 Å². The van der Waals surface area contributed by atoms with Crippen LogP contribution >= 0.6 is 62.3 Å². The van der Waals surface area contributed by atoms with Crippen molar-refractivity contribution in [3.63, 3.8) is 0 Å². The number of halogens is 3. The lowest BCUT2D eigenvalue weighted by Crippen LogP contribution is -2.45. The Morgan fingerprint density at radius 3 is 2.65 bits per heavy atom. The highest BCUT2D eigenvalue weighted by Crippen LogP contribution is 2.34. The molecular weight excluding hydrogens is 771 g/mol. The molecule has 3 N–H and O–H groups in total. The molecule has 0 unspecified atom stereocenters. The average molecular weight is 798 g/mol. The Bertz CT molecular complexity index is 1580. The Morgan fingerprint density at radius 1 is 1.16 bits per heavy atom. The molecule has 0 radical (unpaired) electrons. The first kappa shape index (κ1) is 32.7. The van der Waals surface area contributed by atoms with E-state index in [9.17, 15) is 9.59 Å². The van der Waals surface area contributed by atoms with Crippen molar-refractivity contribution in [3.05, 3.63) is 102 Å². The van der Waals surface area contributed by atoms with Gasteiger partial charge >= 0.3 is 5.97 Å². The second-order valence-corrected chi connectivity index (χ2v) is 11.9. The summed E-state index contributed by atoms with van der Waals surface area (Å²) in [6.45, 7) is 3.73. The molecule has 0 fully saturated rings. The summed E-state index contributed by atoms with van der Waals surface area (Å²) in [5, 5.41) is 11.1. The molecule has 0 aliphatic carbocycles. The minimum Gasteiger partial charge on any atom is -0.487 e. The lowest BCUT2D eigenvalue weighted by atomic mass is 9.95. The second-order valence-electron chi connectivity index (χ2n) is 9.10. The Balaban J connectivity index is 1.38. The molecule has 0 aromatic heterocycles. The molecule has 1 heterocycles. The summed E-state index contributed by atoms with van der Waals surface area (Å²) in [5.74, 6) is 0.139. The Morgan fingerprint density at radius 2 is 1.91 bits per heavy atom. The monoisotopic (exact) mass is 796 g/mol. The molecule has 43 heavy (non-hydrogen) atoms. The van der Waals surface area contributed by atoms with Crippen LogP contribution in [0.2, 0.25) is 5.02 Å². The first-order chi connectivity index (χ1) is 20.7. The fourth-order valence-corrected chi connectivity index (χ4v) is 6.40. The molecule has 0 spiro atoms. The van der Waals surface area contributed by atoms with E-state index in [-0.39, 0.29) is 13.2 Å². The van der Waals surface area contributed by atoms with Crippen molar-refractivity contribution < 1.29 is 23.8 Å². The normalized spacial score (nSPS) is 14.6. The number of carbonyl (C=O) groups excluding carboxylic acids is 2. The predicted octanol–water partition coefficient (Wildman–Crippen LogP) is 6.17. The number of hydrazone groups is 1. The average Bonchev–Trinajstić information content (AvgIpc) is 2.96. The van der Waals surface area contributed by atoms with Gasteiger partial charge in [-0.25, -0.2) is 10.2 Å². The van der Waals surface area contributed by atoms with Crippen LogP contribution in [-0.4, -0.2) is 36.4 Å².